The smallest absolute Gasteiger partial charge is 0.306 e. The second kappa shape index (κ2) is 4.39. The van der Waals surface area contributed by atoms with Gasteiger partial charge in [0.25, 0.3) is 0 Å². The minimum Gasteiger partial charge on any atom is -0.458 e. The molecule has 0 amide bonds. The van der Waals surface area contributed by atoms with Crippen molar-refractivity contribution in [2.75, 3.05) is 0 Å². The summed E-state index contributed by atoms with van der Waals surface area (Å²) in [6, 6.07) is 0. The summed E-state index contributed by atoms with van der Waals surface area (Å²) >= 11 is 0. The summed E-state index contributed by atoms with van der Waals surface area (Å²) in [5.41, 5.74) is 1.85. The van der Waals surface area contributed by atoms with Crippen LogP contribution in [0.4, 0.5) is 0 Å². The van der Waals surface area contributed by atoms with Gasteiger partial charge >= 0.3 is 5.97 Å². The lowest BCUT2D eigenvalue weighted by molar-refractivity contribution is -0.177. The zero-order valence-corrected chi connectivity index (χ0v) is 16.5. The maximum absolute atomic E-state index is 12.2. The van der Waals surface area contributed by atoms with E-state index < -0.39 is 0 Å². The van der Waals surface area contributed by atoms with Gasteiger partial charge in [-0.05, 0) is 85.5 Å². The topological polar surface area (TPSA) is 43.4 Å². The predicted molar refractivity (Wildman–Crippen MR) is 99.5 cm³/mol. The largest absolute Gasteiger partial charge is 0.458 e. The van der Waals surface area contributed by atoms with Gasteiger partial charge in [0.1, 0.15) is 5.60 Å². The molecule has 0 N–H and O–H groups in total. The lowest BCUT2D eigenvalue weighted by Crippen LogP contribution is -2.57. The lowest BCUT2D eigenvalue weighted by Gasteiger charge is -2.60. The van der Waals surface area contributed by atoms with Crippen molar-refractivity contribution in [2.45, 2.75) is 70.8 Å². The lowest BCUT2D eigenvalue weighted by atomic mass is 9.45. The highest BCUT2D eigenvalue weighted by Gasteiger charge is 2.81. The maximum Gasteiger partial charge on any atom is 0.306 e. The van der Waals surface area contributed by atoms with E-state index >= 15 is 0 Å². The third kappa shape index (κ3) is 1.58. The van der Waals surface area contributed by atoms with Gasteiger partial charge < -0.3 is 4.74 Å². The molecule has 0 aromatic heterocycles. The summed E-state index contributed by atoms with van der Waals surface area (Å²) in [6.07, 6.45) is 10.6. The van der Waals surface area contributed by atoms with E-state index in [2.05, 4.69) is 19.9 Å². The Morgan fingerprint density at radius 1 is 1.00 bits per heavy atom. The molecule has 2 unspecified atom stereocenters. The van der Waals surface area contributed by atoms with Crippen LogP contribution in [0.1, 0.15) is 65.2 Å². The number of hydrogen-bond donors (Lipinski definition) is 0. The van der Waals surface area contributed by atoms with Gasteiger partial charge in [0.15, 0.2) is 5.78 Å². The number of hydrogen-bond acceptors (Lipinski definition) is 3. The van der Waals surface area contributed by atoms with Crippen LogP contribution in [0.2, 0.25) is 0 Å². The molecule has 3 nitrogen and oxygen atoms in total. The molecule has 1 saturated heterocycles. The minimum absolute atomic E-state index is 0.0561. The van der Waals surface area contributed by atoms with Crippen molar-refractivity contribution < 1.29 is 14.3 Å². The molecule has 27 heavy (non-hydrogen) atoms. The number of carbonyl (C=O) groups excluding carboxylic acids is 2. The Balaban J connectivity index is 1.33. The van der Waals surface area contributed by atoms with Crippen molar-refractivity contribution in [3.05, 3.63) is 11.6 Å². The van der Waals surface area contributed by atoms with Crippen molar-refractivity contribution in [1.82, 2.24) is 0 Å². The molecule has 10 atom stereocenters. The normalized spacial score (nSPS) is 62.0. The Morgan fingerprint density at radius 3 is 2.63 bits per heavy atom. The standard InChI is InChI=1S/C24H30O3/c1-22-6-3-12(25)9-17(22)13-10-14(13)20-16(22)4-7-23(2)21(20)15-11-18(15)24(23)8-5-19(26)27-24/h9,13-16,18,20-21H,3-8,10-11H2,1-2H3/t13-,14+,15-,16+,18+,20?,21?,22-,23+,24+/m1/s1. The van der Waals surface area contributed by atoms with Crippen LogP contribution in [-0.4, -0.2) is 17.4 Å². The quantitative estimate of drug-likeness (QED) is 0.600. The molecule has 1 aliphatic heterocycles. The minimum atomic E-state index is -0.131. The van der Waals surface area contributed by atoms with E-state index in [-0.39, 0.29) is 22.4 Å². The van der Waals surface area contributed by atoms with E-state index in [4.69, 9.17) is 4.74 Å². The van der Waals surface area contributed by atoms with Crippen LogP contribution in [0.15, 0.2) is 11.6 Å². The number of carbonyl (C=O) groups is 2. The number of fused-ring (bicyclic) bond motifs is 12. The van der Waals surface area contributed by atoms with Gasteiger partial charge in [0.05, 0.1) is 0 Å². The van der Waals surface area contributed by atoms with Crippen LogP contribution in [0.25, 0.3) is 0 Å². The zero-order valence-electron chi connectivity index (χ0n) is 16.5. The Morgan fingerprint density at radius 2 is 1.85 bits per heavy atom. The summed E-state index contributed by atoms with van der Waals surface area (Å²) in [5.74, 6) is 5.65. The summed E-state index contributed by atoms with van der Waals surface area (Å²) < 4.78 is 6.22. The first-order valence-corrected chi connectivity index (χ1v) is 11.4. The van der Waals surface area contributed by atoms with E-state index in [1.165, 1.54) is 31.3 Å². The van der Waals surface area contributed by atoms with Crippen LogP contribution < -0.4 is 0 Å². The monoisotopic (exact) mass is 366 g/mol. The van der Waals surface area contributed by atoms with Crippen molar-refractivity contribution >= 4 is 11.8 Å². The second-order valence-corrected chi connectivity index (χ2v) is 11.5. The SMILES string of the molecule is C[C@]12CCC(=O)C=C1[C@@H]1C[C@@H]1C1C3[C@@H]4C[C@@H]4[C@@]4(CCC(=O)O4)[C@@]3(C)CC[C@@H]12. The van der Waals surface area contributed by atoms with Gasteiger partial charge in [-0.15, -0.1) is 0 Å². The fraction of sp³-hybridized carbons (Fsp3) is 0.833. The van der Waals surface area contributed by atoms with E-state index in [1.807, 2.05) is 0 Å². The highest BCUT2D eigenvalue weighted by molar-refractivity contribution is 5.92. The average molecular weight is 367 g/mol. The molecule has 1 heterocycles. The Kier molecular flexibility index (Phi) is 2.56. The predicted octanol–water partition coefficient (Wildman–Crippen LogP) is 4.31. The van der Waals surface area contributed by atoms with E-state index in [9.17, 15) is 9.59 Å². The van der Waals surface area contributed by atoms with E-state index in [0.29, 0.717) is 24.0 Å². The Labute approximate surface area is 161 Å². The molecular weight excluding hydrogens is 336 g/mol. The summed E-state index contributed by atoms with van der Waals surface area (Å²) in [4.78, 5) is 24.3. The van der Waals surface area contributed by atoms with Crippen LogP contribution in [-0.2, 0) is 14.3 Å². The van der Waals surface area contributed by atoms with Crippen molar-refractivity contribution in [2.24, 2.45) is 52.3 Å². The van der Waals surface area contributed by atoms with Crippen LogP contribution in [0.5, 0.6) is 0 Å². The number of allylic oxidation sites excluding steroid dienone is 1. The van der Waals surface area contributed by atoms with Gasteiger partial charge in [-0.2, -0.15) is 0 Å². The molecule has 7 rings (SSSR count). The first-order chi connectivity index (χ1) is 12.9. The molecule has 1 spiro atoms. The van der Waals surface area contributed by atoms with Crippen LogP contribution >= 0.6 is 0 Å². The molecule has 3 heteroatoms. The summed E-state index contributed by atoms with van der Waals surface area (Å²) in [5, 5.41) is 0. The summed E-state index contributed by atoms with van der Waals surface area (Å²) in [7, 11) is 0. The number of ketones is 1. The molecule has 0 aromatic carbocycles. The van der Waals surface area contributed by atoms with Crippen LogP contribution in [0, 0.1) is 52.3 Å². The first kappa shape index (κ1) is 15.8. The number of ether oxygens (including phenoxy) is 1. The van der Waals surface area contributed by atoms with Gasteiger partial charge in [-0.1, -0.05) is 19.4 Å². The van der Waals surface area contributed by atoms with E-state index in [1.54, 1.807) is 0 Å². The molecule has 0 bridgehead atoms. The molecule has 0 radical (unpaired) electrons. The van der Waals surface area contributed by atoms with Gasteiger partial charge in [0.2, 0.25) is 0 Å². The molecule has 144 valence electrons. The highest BCUT2D eigenvalue weighted by Crippen LogP contribution is 2.82. The number of esters is 1. The molecule has 5 saturated carbocycles. The summed E-state index contributed by atoms with van der Waals surface area (Å²) in [6.45, 7) is 4.99. The Hall–Kier alpha value is -1.12. The van der Waals surface area contributed by atoms with Crippen molar-refractivity contribution in [3.8, 4) is 0 Å². The van der Waals surface area contributed by atoms with Gasteiger partial charge in [-0.25, -0.2) is 0 Å². The van der Waals surface area contributed by atoms with Crippen molar-refractivity contribution in [3.63, 3.8) is 0 Å². The molecule has 7 aliphatic rings. The fourth-order valence-corrected chi connectivity index (χ4v) is 9.74. The van der Waals surface area contributed by atoms with Crippen molar-refractivity contribution in [1.29, 1.82) is 0 Å². The van der Waals surface area contributed by atoms with Crippen LogP contribution in [0.3, 0.4) is 0 Å². The molecular formula is C24H30O3. The van der Waals surface area contributed by atoms with E-state index in [0.717, 1.165) is 48.9 Å². The third-order valence-electron chi connectivity index (χ3n) is 10.9. The average Bonchev–Trinajstić information content (AvgIpc) is 3.53. The zero-order chi connectivity index (χ0) is 18.3. The van der Waals surface area contributed by atoms with Gasteiger partial charge in [-0.3, -0.25) is 9.59 Å². The number of rotatable bonds is 0. The molecule has 6 aliphatic carbocycles. The molecule has 0 aromatic rings. The fourth-order valence-electron chi connectivity index (χ4n) is 9.74. The first-order valence-electron chi connectivity index (χ1n) is 11.4. The van der Waals surface area contributed by atoms with Gasteiger partial charge in [0, 0.05) is 24.2 Å². The Bertz CT molecular complexity index is 827. The maximum atomic E-state index is 12.2. The second-order valence-electron chi connectivity index (χ2n) is 11.5. The highest BCUT2D eigenvalue weighted by atomic mass is 16.6. The third-order valence-corrected chi connectivity index (χ3v) is 10.9. The molecule has 6 fully saturated rings.